The maximum atomic E-state index is 5.55. The van der Waals surface area contributed by atoms with E-state index in [0.717, 1.165) is 4.86 Å². The third-order valence-electron chi connectivity index (χ3n) is 3.73. The van der Waals surface area contributed by atoms with Gasteiger partial charge >= 0.3 is 0 Å². The number of thiocarbonyl (C=S) groups is 1. The molecule has 18 heavy (non-hydrogen) atoms. The Hall–Kier alpha value is -1.38. The number of hydrogen-bond acceptors (Lipinski definition) is 2. The molecule has 0 amide bonds. The molecule has 3 aromatic carbocycles. The average molecular weight is 266 g/mol. The topological polar surface area (TPSA) is 0 Å². The lowest BCUT2D eigenvalue weighted by atomic mass is 9.98. The molecule has 1 aliphatic rings. The van der Waals surface area contributed by atoms with E-state index in [4.69, 9.17) is 12.2 Å². The highest BCUT2D eigenvalue weighted by Gasteiger charge is 2.27. The van der Waals surface area contributed by atoms with Crippen molar-refractivity contribution in [1.29, 1.82) is 0 Å². The van der Waals surface area contributed by atoms with Gasteiger partial charge in [-0.15, -0.1) is 0 Å². The lowest BCUT2D eigenvalue weighted by molar-refractivity contribution is 1.41. The van der Waals surface area contributed by atoms with Crippen LogP contribution in [0, 0.1) is 0 Å². The van der Waals surface area contributed by atoms with Gasteiger partial charge < -0.3 is 0 Å². The molecule has 2 heteroatoms. The average Bonchev–Trinajstić information content (AvgIpc) is 2.66. The van der Waals surface area contributed by atoms with Crippen LogP contribution in [0.25, 0.3) is 21.5 Å². The largest absolute Gasteiger partial charge is 0.165 e. The van der Waals surface area contributed by atoms with Gasteiger partial charge in [-0.3, -0.25) is 0 Å². The highest BCUT2D eigenvalue weighted by atomic mass is 32.1. The van der Waals surface area contributed by atoms with E-state index in [1.54, 1.807) is 0 Å². The standard InChI is InChI=1S/C16H10S2/c17-15-12-7-3-6-11-10-5-2-1-4-9(10)8-13(14(11)12)16(15)18/h1-8,15,17H. The molecule has 0 fully saturated rings. The first-order valence-corrected chi connectivity index (χ1v) is 6.86. The van der Waals surface area contributed by atoms with Crippen LogP contribution in [0.1, 0.15) is 16.4 Å². The van der Waals surface area contributed by atoms with Gasteiger partial charge in [-0.2, -0.15) is 12.6 Å². The molecule has 0 spiro atoms. The molecular weight excluding hydrogens is 256 g/mol. The predicted molar refractivity (Wildman–Crippen MR) is 84.9 cm³/mol. The smallest absolute Gasteiger partial charge is 0.0630 e. The van der Waals surface area contributed by atoms with Gasteiger partial charge in [-0.25, -0.2) is 0 Å². The van der Waals surface area contributed by atoms with Crippen molar-refractivity contribution in [2.45, 2.75) is 5.25 Å². The summed E-state index contributed by atoms with van der Waals surface area (Å²) < 4.78 is 0. The first-order chi connectivity index (χ1) is 8.77. The summed E-state index contributed by atoms with van der Waals surface area (Å²) in [6.45, 7) is 0. The summed E-state index contributed by atoms with van der Waals surface area (Å²) in [6.07, 6.45) is 0. The summed E-state index contributed by atoms with van der Waals surface area (Å²) in [5.74, 6) is 0. The summed E-state index contributed by atoms with van der Waals surface area (Å²) >= 11 is 10.2. The van der Waals surface area contributed by atoms with Crippen molar-refractivity contribution in [2.75, 3.05) is 0 Å². The second kappa shape index (κ2) is 3.56. The number of hydrogen-bond donors (Lipinski definition) is 1. The van der Waals surface area contributed by atoms with Crippen LogP contribution in [0.4, 0.5) is 0 Å². The first kappa shape index (κ1) is 10.5. The zero-order valence-electron chi connectivity index (χ0n) is 9.55. The summed E-state index contributed by atoms with van der Waals surface area (Å²) in [6, 6.07) is 17.1. The molecule has 1 aliphatic carbocycles. The van der Waals surface area contributed by atoms with Gasteiger partial charge in [0.25, 0.3) is 0 Å². The minimum absolute atomic E-state index is 0.0653. The maximum Gasteiger partial charge on any atom is 0.0630 e. The highest BCUT2D eigenvalue weighted by molar-refractivity contribution is 7.86. The third-order valence-corrected chi connectivity index (χ3v) is 4.89. The minimum atomic E-state index is 0.0653. The second-order valence-corrected chi connectivity index (χ2v) is 5.64. The number of benzene rings is 3. The second-order valence-electron chi connectivity index (χ2n) is 4.68. The first-order valence-electron chi connectivity index (χ1n) is 5.94. The summed E-state index contributed by atoms with van der Waals surface area (Å²) in [5.41, 5.74) is 2.44. The van der Waals surface area contributed by atoms with Crippen LogP contribution < -0.4 is 0 Å². The summed E-state index contributed by atoms with van der Waals surface area (Å²) in [5, 5.41) is 5.20. The Bertz CT molecular complexity index is 818. The molecule has 0 bridgehead atoms. The Balaban J connectivity index is 2.33. The molecule has 0 aliphatic heterocycles. The summed E-state index contributed by atoms with van der Waals surface area (Å²) in [7, 11) is 0. The molecule has 0 nitrogen and oxygen atoms in total. The van der Waals surface area contributed by atoms with Crippen molar-refractivity contribution in [3.05, 3.63) is 59.7 Å². The molecule has 1 atom stereocenters. The van der Waals surface area contributed by atoms with E-state index < -0.39 is 0 Å². The monoisotopic (exact) mass is 266 g/mol. The van der Waals surface area contributed by atoms with Gasteiger partial charge in [-0.1, -0.05) is 54.7 Å². The third kappa shape index (κ3) is 1.20. The Labute approximate surface area is 116 Å². The molecule has 0 saturated carbocycles. The molecule has 1 unspecified atom stereocenters. The fourth-order valence-corrected chi connectivity index (χ4v) is 3.54. The van der Waals surface area contributed by atoms with Gasteiger partial charge in [0.05, 0.1) is 5.25 Å². The molecule has 0 aromatic heterocycles. The van der Waals surface area contributed by atoms with Crippen LogP contribution in [0.15, 0.2) is 48.5 Å². The van der Waals surface area contributed by atoms with Crippen molar-refractivity contribution in [1.82, 2.24) is 0 Å². The molecule has 0 N–H and O–H groups in total. The van der Waals surface area contributed by atoms with Crippen LogP contribution >= 0.6 is 24.8 Å². The van der Waals surface area contributed by atoms with Gasteiger partial charge in [0.15, 0.2) is 0 Å². The lowest BCUT2D eigenvalue weighted by Crippen LogP contribution is -1.96. The van der Waals surface area contributed by atoms with Gasteiger partial charge in [0.1, 0.15) is 0 Å². The fourth-order valence-electron chi connectivity index (χ4n) is 2.90. The van der Waals surface area contributed by atoms with E-state index in [-0.39, 0.29) is 5.25 Å². The maximum absolute atomic E-state index is 5.55. The fraction of sp³-hybridized carbons (Fsp3) is 0.0625. The molecule has 0 radical (unpaired) electrons. The molecular formula is C16H10S2. The van der Waals surface area contributed by atoms with Crippen molar-refractivity contribution >= 4 is 51.3 Å². The van der Waals surface area contributed by atoms with E-state index in [0.29, 0.717) is 0 Å². The van der Waals surface area contributed by atoms with Crippen LogP contribution in [-0.2, 0) is 0 Å². The number of fused-ring (bicyclic) bond motifs is 2. The van der Waals surface area contributed by atoms with Crippen LogP contribution in [-0.4, -0.2) is 4.86 Å². The van der Waals surface area contributed by atoms with E-state index in [9.17, 15) is 0 Å². The highest BCUT2D eigenvalue weighted by Crippen LogP contribution is 2.43. The van der Waals surface area contributed by atoms with Crippen molar-refractivity contribution < 1.29 is 0 Å². The predicted octanol–water partition coefficient (Wildman–Crippen LogP) is 4.70. The van der Waals surface area contributed by atoms with E-state index in [1.807, 2.05) is 0 Å². The van der Waals surface area contributed by atoms with Gasteiger partial charge in [0, 0.05) is 4.86 Å². The van der Waals surface area contributed by atoms with E-state index in [1.165, 1.54) is 32.7 Å². The van der Waals surface area contributed by atoms with Gasteiger partial charge in [0.2, 0.25) is 0 Å². The minimum Gasteiger partial charge on any atom is -0.165 e. The lowest BCUT2D eigenvalue weighted by Gasteiger charge is -2.06. The number of rotatable bonds is 0. The van der Waals surface area contributed by atoms with E-state index >= 15 is 0 Å². The Kier molecular flexibility index (Phi) is 2.08. The molecule has 0 saturated heterocycles. The zero-order valence-corrected chi connectivity index (χ0v) is 11.3. The van der Waals surface area contributed by atoms with Crippen LogP contribution in [0.3, 0.4) is 0 Å². The van der Waals surface area contributed by atoms with Crippen molar-refractivity contribution in [3.63, 3.8) is 0 Å². The Morgan fingerprint density at radius 1 is 0.944 bits per heavy atom. The van der Waals surface area contributed by atoms with E-state index in [2.05, 4.69) is 61.2 Å². The quantitative estimate of drug-likeness (QED) is 0.350. The molecule has 3 aromatic rings. The Morgan fingerprint density at radius 3 is 2.61 bits per heavy atom. The molecule has 86 valence electrons. The Morgan fingerprint density at radius 2 is 1.72 bits per heavy atom. The van der Waals surface area contributed by atoms with Crippen LogP contribution in [0.5, 0.6) is 0 Å². The zero-order chi connectivity index (χ0) is 12.3. The number of thiol groups is 1. The summed E-state index contributed by atoms with van der Waals surface area (Å²) in [4.78, 5) is 0.954. The van der Waals surface area contributed by atoms with Gasteiger partial charge in [-0.05, 0) is 38.7 Å². The normalized spacial score (nSPS) is 17.8. The van der Waals surface area contributed by atoms with Crippen molar-refractivity contribution in [3.8, 4) is 0 Å². The molecule has 0 heterocycles. The SMILES string of the molecule is S=C1c2cc3ccccc3c3cccc(c23)C1S. The van der Waals surface area contributed by atoms with Crippen molar-refractivity contribution in [2.24, 2.45) is 0 Å². The van der Waals surface area contributed by atoms with Crippen LogP contribution in [0.2, 0.25) is 0 Å². The molecule has 4 rings (SSSR count).